The van der Waals surface area contributed by atoms with Crippen LogP contribution in [0.1, 0.15) is 75.0 Å². The summed E-state index contributed by atoms with van der Waals surface area (Å²) < 4.78 is 0. The molecule has 1 aliphatic carbocycles. The summed E-state index contributed by atoms with van der Waals surface area (Å²) in [4.78, 5) is 26.1. The summed E-state index contributed by atoms with van der Waals surface area (Å²) in [7, 11) is 0. The monoisotopic (exact) mass is 504 g/mol. The number of benzene rings is 1. The van der Waals surface area contributed by atoms with Crippen molar-refractivity contribution in [3.05, 3.63) is 60.2 Å². The third-order valence-electron chi connectivity index (χ3n) is 9.30. The number of rotatable bonds is 10. The zero-order valence-corrected chi connectivity index (χ0v) is 22.3. The lowest BCUT2D eigenvalue weighted by Gasteiger charge is -2.35. The minimum absolute atomic E-state index is 0.305. The van der Waals surface area contributed by atoms with E-state index < -0.39 is 5.97 Å². The summed E-state index contributed by atoms with van der Waals surface area (Å²) in [6, 6.07) is 10.5. The first-order valence-corrected chi connectivity index (χ1v) is 14.7. The van der Waals surface area contributed by atoms with Gasteiger partial charge in [-0.2, -0.15) is 0 Å². The molecule has 2 saturated heterocycles. The molecule has 0 bridgehead atoms. The number of aliphatic carboxylic acids is 1. The smallest absolute Gasteiger partial charge is 0.321 e. The van der Waals surface area contributed by atoms with Crippen LogP contribution in [0.2, 0.25) is 0 Å². The predicted molar refractivity (Wildman–Crippen MR) is 146 cm³/mol. The molecular formula is C31H44N4O2. The van der Waals surface area contributed by atoms with E-state index >= 15 is 0 Å². The van der Waals surface area contributed by atoms with Gasteiger partial charge in [0, 0.05) is 44.1 Å². The van der Waals surface area contributed by atoms with E-state index in [0.717, 1.165) is 50.5 Å². The van der Waals surface area contributed by atoms with E-state index in [2.05, 4.69) is 50.1 Å². The Kier molecular flexibility index (Phi) is 9.22. The van der Waals surface area contributed by atoms with Crippen molar-refractivity contribution < 1.29 is 9.90 Å². The Balaban J connectivity index is 1.17. The van der Waals surface area contributed by atoms with Crippen LogP contribution in [0, 0.1) is 17.8 Å². The number of carboxylic acid groups (broad SMARTS) is 1. The van der Waals surface area contributed by atoms with Gasteiger partial charge in [-0.25, -0.2) is 0 Å². The second kappa shape index (κ2) is 13.0. The van der Waals surface area contributed by atoms with Crippen LogP contribution in [-0.2, 0) is 11.2 Å². The maximum atomic E-state index is 12.5. The molecule has 1 aromatic heterocycles. The van der Waals surface area contributed by atoms with Crippen molar-refractivity contribution in [2.45, 2.75) is 76.2 Å². The first-order chi connectivity index (χ1) is 18.2. The average molecular weight is 505 g/mol. The van der Waals surface area contributed by atoms with Crippen LogP contribution in [0.5, 0.6) is 0 Å². The number of hydrogen-bond donors (Lipinski definition) is 1. The highest BCUT2D eigenvalue weighted by molar-refractivity contribution is 5.74. The lowest BCUT2D eigenvalue weighted by atomic mass is 9.83. The Morgan fingerprint density at radius 1 is 1.00 bits per heavy atom. The van der Waals surface area contributed by atoms with Crippen molar-refractivity contribution in [2.24, 2.45) is 17.8 Å². The van der Waals surface area contributed by atoms with Gasteiger partial charge in [-0.3, -0.25) is 19.7 Å². The minimum atomic E-state index is -0.610. The van der Waals surface area contributed by atoms with Crippen LogP contribution in [0.25, 0.3) is 0 Å². The first kappa shape index (κ1) is 26.3. The molecule has 1 N–H and O–H groups in total. The van der Waals surface area contributed by atoms with E-state index in [-0.39, 0.29) is 6.04 Å². The highest BCUT2D eigenvalue weighted by Gasteiger charge is 2.43. The van der Waals surface area contributed by atoms with Crippen LogP contribution >= 0.6 is 0 Å². The second-order valence-corrected chi connectivity index (χ2v) is 11.7. The Morgan fingerprint density at radius 3 is 2.49 bits per heavy atom. The number of aromatic nitrogens is 2. The fourth-order valence-corrected chi connectivity index (χ4v) is 7.32. The Morgan fingerprint density at radius 2 is 1.78 bits per heavy atom. The molecule has 0 unspecified atom stereocenters. The summed E-state index contributed by atoms with van der Waals surface area (Å²) in [5, 5.41) is 10.3. The van der Waals surface area contributed by atoms with Crippen LogP contribution < -0.4 is 0 Å². The molecule has 200 valence electrons. The molecule has 0 spiro atoms. The van der Waals surface area contributed by atoms with E-state index in [9.17, 15) is 9.90 Å². The zero-order valence-electron chi connectivity index (χ0n) is 22.3. The van der Waals surface area contributed by atoms with E-state index in [1.807, 2.05) is 6.20 Å². The Hall–Kier alpha value is -2.31. The fourth-order valence-electron chi connectivity index (χ4n) is 7.32. The number of nitrogens with zero attached hydrogens (tertiary/aromatic N) is 4. The van der Waals surface area contributed by atoms with Crippen LogP contribution in [0.3, 0.4) is 0 Å². The number of likely N-dealkylation sites (tertiary alicyclic amines) is 2. The predicted octanol–water partition coefficient (Wildman–Crippen LogP) is 5.26. The summed E-state index contributed by atoms with van der Waals surface area (Å²) in [5.74, 6) is 1.40. The first-order valence-electron chi connectivity index (χ1n) is 14.7. The van der Waals surface area contributed by atoms with Gasteiger partial charge in [0.15, 0.2) is 0 Å². The summed E-state index contributed by atoms with van der Waals surface area (Å²) in [6.07, 6.45) is 17.2. The number of carbonyl (C=O) groups is 1. The van der Waals surface area contributed by atoms with Gasteiger partial charge in [-0.1, -0.05) is 49.6 Å². The highest BCUT2D eigenvalue weighted by Crippen LogP contribution is 2.38. The number of aryl methyl sites for hydroxylation is 1. The molecule has 3 atom stereocenters. The molecule has 3 aliphatic rings. The van der Waals surface area contributed by atoms with Gasteiger partial charge >= 0.3 is 5.97 Å². The largest absolute Gasteiger partial charge is 0.480 e. The lowest BCUT2D eigenvalue weighted by molar-refractivity contribution is -0.145. The molecule has 1 aromatic carbocycles. The lowest BCUT2D eigenvalue weighted by Crippen LogP contribution is -2.46. The molecule has 37 heavy (non-hydrogen) atoms. The van der Waals surface area contributed by atoms with Crippen molar-refractivity contribution >= 4 is 5.97 Å². The van der Waals surface area contributed by atoms with Gasteiger partial charge in [-0.15, -0.1) is 0 Å². The van der Waals surface area contributed by atoms with Crippen LogP contribution in [0.4, 0.5) is 0 Å². The second-order valence-electron chi connectivity index (χ2n) is 11.7. The van der Waals surface area contributed by atoms with E-state index in [1.54, 1.807) is 12.4 Å². The van der Waals surface area contributed by atoms with Gasteiger partial charge < -0.3 is 10.0 Å². The van der Waals surface area contributed by atoms with Crippen molar-refractivity contribution in [1.82, 2.24) is 19.8 Å². The molecular weight excluding hydrogens is 460 g/mol. The topological polar surface area (TPSA) is 69.6 Å². The highest BCUT2D eigenvalue weighted by atomic mass is 16.4. The maximum Gasteiger partial charge on any atom is 0.321 e. The third-order valence-corrected chi connectivity index (χ3v) is 9.30. The zero-order chi connectivity index (χ0) is 25.5. The normalized spacial score (nSPS) is 25.3. The summed E-state index contributed by atoms with van der Waals surface area (Å²) in [5.41, 5.74) is 2.48. The van der Waals surface area contributed by atoms with Crippen LogP contribution in [-0.4, -0.2) is 69.6 Å². The Labute approximate surface area is 222 Å². The summed E-state index contributed by atoms with van der Waals surface area (Å²) >= 11 is 0. The SMILES string of the molecule is O=C(O)[C@@H](C1CCCCC1)N1C[C@H](CN2CCC(CCCc3cnccn3)CC2)[C@@H](c2ccccc2)C1. The molecule has 3 fully saturated rings. The van der Waals surface area contributed by atoms with E-state index in [4.69, 9.17) is 0 Å². The number of carboxylic acids is 1. The number of hydrogen-bond acceptors (Lipinski definition) is 5. The van der Waals surface area contributed by atoms with Crippen molar-refractivity contribution in [2.75, 3.05) is 32.7 Å². The van der Waals surface area contributed by atoms with Crippen LogP contribution in [0.15, 0.2) is 48.9 Å². The molecule has 3 heterocycles. The van der Waals surface area contributed by atoms with Gasteiger partial charge in [-0.05, 0) is 81.4 Å². The van der Waals surface area contributed by atoms with E-state index in [0.29, 0.717) is 17.8 Å². The van der Waals surface area contributed by atoms with Crippen molar-refractivity contribution in [3.8, 4) is 0 Å². The van der Waals surface area contributed by atoms with Crippen molar-refractivity contribution in [1.29, 1.82) is 0 Å². The molecule has 6 nitrogen and oxygen atoms in total. The average Bonchev–Trinajstić information content (AvgIpc) is 3.34. The molecule has 2 aromatic rings. The molecule has 0 radical (unpaired) electrons. The molecule has 2 aliphatic heterocycles. The fraction of sp³-hybridized carbons (Fsp3) is 0.645. The number of piperidine rings is 1. The van der Waals surface area contributed by atoms with Crippen molar-refractivity contribution in [3.63, 3.8) is 0 Å². The minimum Gasteiger partial charge on any atom is -0.480 e. The maximum absolute atomic E-state index is 12.5. The summed E-state index contributed by atoms with van der Waals surface area (Å²) in [6.45, 7) is 5.20. The van der Waals surface area contributed by atoms with Gasteiger partial charge in [0.1, 0.15) is 6.04 Å². The van der Waals surface area contributed by atoms with Gasteiger partial charge in [0.05, 0.1) is 5.69 Å². The Bertz CT molecular complexity index is 958. The van der Waals surface area contributed by atoms with Gasteiger partial charge in [0.25, 0.3) is 0 Å². The van der Waals surface area contributed by atoms with E-state index in [1.165, 1.54) is 63.6 Å². The standard InChI is InChI=1S/C31H44N4O2/c36-31(37)30(26-11-5-2-6-12-26)35-22-27(29(23-35)25-9-3-1-4-10-25)21-34-18-14-24(15-19-34)8-7-13-28-20-32-16-17-33-28/h1,3-4,9-10,16-17,20,24,26-27,29-30H,2,5-8,11-15,18-19,21-23H2,(H,36,37)/t27-,29+,30+/m0/s1. The third kappa shape index (κ3) is 6.97. The molecule has 6 heteroatoms. The molecule has 5 rings (SSSR count). The molecule has 0 amide bonds. The quantitative estimate of drug-likeness (QED) is 0.476. The van der Waals surface area contributed by atoms with Gasteiger partial charge in [0.2, 0.25) is 0 Å². The molecule has 1 saturated carbocycles.